The fourth-order valence-corrected chi connectivity index (χ4v) is 2.77. The van der Waals surface area contributed by atoms with Gasteiger partial charge in [-0.15, -0.1) is 0 Å². The number of benzene rings is 2. The van der Waals surface area contributed by atoms with Crippen LogP contribution in [0.5, 0.6) is 0 Å². The molecule has 0 spiro atoms. The van der Waals surface area contributed by atoms with E-state index in [9.17, 15) is 9.59 Å². The molecule has 0 aliphatic carbocycles. The van der Waals surface area contributed by atoms with Crippen molar-refractivity contribution in [3.8, 4) is 5.69 Å². The van der Waals surface area contributed by atoms with Gasteiger partial charge in [0.1, 0.15) is 0 Å². The first-order chi connectivity index (χ1) is 12.0. The van der Waals surface area contributed by atoms with Gasteiger partial charge in [-0.1, -0.05) is 29.8 Å². The van der Waals surface area contributed by atoms with E-state index < -0.39 is 5.69 Å². The molecule has 25 heavy (non-hydrogen) atoms. The number of nitrogens with zero attached hydrogens (tertiary/aromatic N) is 3. The molecule has 0 saturated carbocycles. The van der Waals surface area contributed by atoms with E-state index in [4.69, 9.17) is 11.6 Å². The van der Waals surface area contributed by atoms with Crippen molar-refractivity contribution >= 4 is 23.2 Å². The van der Waals surface area contributed by atoms with E-state index >= 15 is 0 Å². The molecule has 2 aromatic carbocycles. The molecule has 5 nitrogen and oxygen atoms in total. The number of amides is 1. The zero-order chi connectivity index (χ0) is 18.0. The predicted molar refractivity (Wildman–Crippen MR) is 98.8 cm³/mol. The number of hydrogen-bond donors (Lipinski definition) is 0. The van der Waals surface area contributed by atoms with Crippen molar-refractivity contribution in [2.24, 2.45) is 0 Å². The third-order valence-corrected chi connectivity index (χ3v) is 4.25. The molecule has 0 aliphatic rings. The minimum absolute atomic E-state index is 0.196. The Morgan fingerprint density at radius 3 is 2.52 bits per heavy atom. The van der Waals surface area contributed by atoms with Crippen molar-refractivity contribution in [1.82, 2.24) is 9.55 Å². The maximum atomic E-state index is 12.8. The van der Waals surface area contributed by atoms with Crippen molar-refractivity contribution < 1.29 is 4.79 Å². The Hall–Kier alpha value is -2.92. The Labute approximate surface area is 150 Å². The summed E-state index contributed by atoms with van der Waals surface area (Å²) in [6.07, 6.45) is 1.44. The van der Waals surface area contributed by atoms with Crippen LogP contribution < -0.4 is 10.6 Å². The first kappa shape index (κ1) is 16.9. The molecule has 6 heteroatoms. The van der Waals surface area contributed by atoms with Crippen LogP contribution in [-0.2, 0) is 0 Å². The van der Waals surface area contributed by atoms with Gasteiger partial charge < -0.3 is 4.90 Å². The van der Waals surface area contributed by atoms with E-state index in [1.54, 1.807) is 43.1 Å². The van der Waals surface area contributed by atoms with Crippen LogP contribution >= 0.6 is 11.6 Å². The lowest BCUT2D eigenvalue weighted by Crippen LogP contribution is -2.27. The smallest absolute Gasteiger partial charge is 0.311 e. The lowest BCUT2D eigenvalue weighted by molar-refractivity contribution is 0.0993. The summed E-state index contributed by atoms with van der Waals surface area (Å²) in [6.45, 7) is 1.78. The van der Waals surface area contributed by atoms with Gasteiger partial charge in [0.25, 0.3) is 5.91 Å². The van der Waals surface area contributed by atoms with Crippen LogP contribution in [0.4, 0.5) is 5.69 Å². The molecule has 0 aliphatic heterocycles. The molecule has 1 aromatic heterocycles. The molecule has 0 bridgehead atoms. The number of carbonyl (C=O) groups excluding carboxylic acids is 1. The van der Waals surface area contributed by atoms with Crippen LogP contribution in [0.25, 0.3) is 5.69 Å². The van der Waals surface area contributed by atoms with Gasteiger partial charge in [-0.25, -0.2) is 9.78 Å². The summed E-state index contributed by atoms with van der Waals surface area (Å²) in [5.41, 5.74) is 1.88. The van der Waals surface area contributed by atoms with Gasteiger partial charge in [0.2, 0.25) is 0 Å². The molecule has 126 valence electrons. The van der Waals surface area contributed by atoms with Crippen molar-refractivity contribution in [1.29, 1.82) is 0 Å². The zero-order valence-corrected chi connectivity index (χ0v) is 14.6. The molecule has 0 fully saturated rings. The quantitative estimate of drug-likeness (QED) is 0.724. The van der Waals surface area contributed by atoms with Crippen LogP contribution in [0.1, 0.15) is 16.1 Å². The maximum Gasteiger partial charge on any atom is 0.352 e. The molecule has 1 heterocycles. The van der Waals surface area contributed by atoms with Gasteiger partial charge in [0.15, 0.2) is 0 Å². The summed E-state index contributed by atoms with van der Waals surface area (Å²) in [4.78, 5) is 30.2. The number of aryl methyl sites for hydroxylation is 1. The Balaban J connectivity index is 2.06. The molecule has 1 amide bonds. The second kappa shape index (κ2) is 6.91. The molecule has 3 aromatic rings. The third kappa shape index (κ3) is 3.32. The van der Waals surface area contributed by atoms with Gasteiger partial charge in [-0.3, -0.25) is 9.36 Å². The van der Waals surface area contributed by atoms with Crippen molar-refractivity contribution in [3.05, 3.63) is 87.6 Å². The average Bonchev–Trinajstić information content (AvgIpc) is 2.62. The molecule has 0 N–H and O–H groups in total. The molecule has 3 rings (SSSR count). The first-order valence-electron chi connectivity index (χ1n) is 7.67. The summed E-state index contributed by atoms with van der Waals surface area (Å²) in [5, 5.41) is 0.372. The summed E-state index contributed by atoms with van der Waals surface area (Å²) >= 11 is 6.26. The number of hydrogen-bond acceptors (Lipinski definition) is 3. The largest absolute Gasteiger partial charge is 0.352 e. The third-order valence-electron chi connectivity index (χ3n) is 3.93. The Bertz CT molecular complexity index is 983. The lowest BCUT2D eigenvalue weighted by atomic mass is 10.1. The minimum Gasteiger partial charge on any atom is -0.311 e. The van der Waals surface area contributed by atoms with Gasteiger partial charge >= 0.3 is 5.69 Å². The highest BCUT2D eigenvalue weighted by Gasteiger charge is 2.16. The predicted octanol–water partition coefficient (Wildman–Crippen LogP) is 3.47. The van der Waals surface area contributed by atoms with E-state index in [-0.39, 0.29) is 5.91 Å². The van der Waals surface area contributed by atoms with Gasteiger partial charge in [-0.2, -0.15) is 0 Å². The highest BCUT2D eigenvalue weighted by atomic mass is 35.5. The SMILES string of the molecule is Cc1ccnc(=O)n1-c1cc(C(=O)N(C)c2ccccc2)ccc1Cl. The Morgan fingerprint density at radius 1 is 1.12 bits per heavy atom. The molecule has 0 unspecified atom stereocenters. The standard InChI is InChI=1S/C19H16ClN3O2/c1-13-10-11-21-19(25)23(13)17-12-14(8-9-16(17)20)18(24)22(2)15-6-4-3-5-7-15/h3-12H,1-2H3. The second-order valence-corrected chi connectivity index (χ2v) is 5.98. The molecule has 0 atom stereocenters. The van der Waals surface area contributed by atoms with E-state index in [1.807, 2.05) is 30.3 Å². The highest BCUT2D eigenvalue weighted by Crippen LogP contribution is 2.23. The van der Waals surface area contributed by atoms with Gasteiger partial charge in [0.05, 0.1) is 10.7 Å². The number of rotatable bonds is 3. The fraction of sp³-hybridized carbons (Fsp3) is 0.105. The van der Waals surface area contributed by atoms with Gasteiger partial charge in [-0.05, 0) is 43.3 Å². The molecule has 0 radical (unpaired) electrons. The van der Waals surface area contributed by atoms with Crippen LogP contribution in [0, 0.1) is 6.92 Å². The molecular formula is C19H16ClN3O2. The summed E-state index contributed by atoms with van der Waals surface area (Å²) < 4.78 is 1.39. The molecule has 0 saturated heterocycles. The molecular weight excluding hydrogens is 338 g/mol. The van der Waals surface area contributed by atoms with Crippen LogP contribution in [-0.4, -0.2) is 22.5 Å². The van der Waals surface area contributed by atoms with Crippen LogP contribution in [0.15, 0.2) is 65.6 Å². The van der Waals surface area contributed by atoms with E-state index in [2.05, 4.69) is 4.98 Å². The number of anilines is 1. The Kier molecular flexibility index (Phi) is 4.67. The average molecular weight is 354 g/mol. The summed E-state index contributed by atoms with van der Waals surface area (Å²) in [7, 11) is 1.70. The zero-order valence-electron chi connectivity index (χ0n) is 13.8. The fourth-order valence-electron chi connectivity index (χ4n) is 2.56. The van der Waals surface area contributed by atoms with Crippen molar-refractivity contribution in [3.63, 3.8) is 0 Å². The number of aromatic nitrogens is 2. The second-order valence-electron chi connectivity index (χ2n) is 5.57. The van der Waals surface area contributed by atoms with E-state index in [0.717, 1.165) is 5.69 Å². The Morgan fingerprint density at radius 2 is 1.84 bits per heavy atom. The van der Waals surface area contributed by atoms with Crippen molar-refractivity contribution in [2.75, 3.05) is 11.9 Å². The van der Waals surface area contributed by atoms with Gasteiger partial charge in [0, 0.05) is 30.2 Å². The minimum atomic E-state index is -0.442. The topological polar surface area (TPSA) is 55.2 Å². The van der Waals surface area contributed by atoms with Crippen LogP contribution in [0.2, 0.25) is 5.02 Å². The summed E-state index contributed by atoms with van der Waals surface area (Å²) in [6, 6.07) is 15.9. The lowest BCUT2D eigenvalue weighted by Gasteiger charge is -2.18. The summed E-state index contributed by atoms with van der Waals surface area (Å²) in [5.74, 6) is -0.196. The van der Waals surface area contributed by atoms with Crippen molar-refractivity contribution in [2.45, 2.75) is 6.92 Å². The number of para-hydroxylation sites is 1. The van der Waals surface area contributed by atoms with E-state index in [1.165, 1.54) is 10.8 Å². The van der Waals surface area contributed by atoms with E-state index in [0.29, 0.717) is 22.0 Å². The maximum absolute atomic E-state index is 12.8. The monoisotopic (exact) mass is 353 g/mol. The normalized spacial score (nSPS) is 10.5. The highest BCUT2D eigenvalue weighted by molar-refractivity contribution is 6.32. The first-order valence-corrected chi connectivity index (χ1v) is 8.04. The number of halogens is 1. The number of carbonyl (C=O) groups is 1. The van der Waals surface area contributed by atoms with Crippen LogP contribution in [0.3, 0.4) is 0 Å².